The molecule has 4 unspecified atom stereocenters. The molecule has 76 heavy (non-hydrogen) atoms. The Morgan fingerprint density at radius 3 is 1.79 bits per heavy atom. The number of likely N-dealkylation sites (N-methyl/N-ethyl adjacent to an activating group) is 1. The van der Waals surface area contributed by atoms with E-state index in [4.69, 9.17) is 26.5 Å². The fourth-order valence-corrected chi connectivity index (χ4v) is 10.8. The lowest BCUT2D eigenvalue weighted by Gasteiger charge is -2.42. The van der Waals surface area contributed by atoms with E-state index >= 15 is 0 Å². The molecular weight excluding hydrogens is 1020 g/mol. The third-order valence-corrected chi connectivity index (χ3v) is 19.6. The van der Waals surface area contributed by atoms with Gasteiger partial charge in [0.15, 0.2) is 8.32 Å². The minimum atomic E-state index is -2.18. The van der Waals surface area contributed by atoms with Crippen molar-refractivity contribution in [3.63, 3.8) is 0 Å². The molecule has 0 aliphatic carbocycles. The van der Waals surface area contributed by atoms with E-state index in [1.165, 1.54) is 4.90 Å². The number of benzene rings is 4. The molecule has 18 heteroatoms. The number of ether oxygens (including phenoxy) is 1. The smallest absolute Gasteiger partial charge is 0.410 e. The Hall–Kier alpha value is -5.56. The summed E-state index contributed by atoms with van der Waals surface area (Å²) in [6, 6.07) is 25.1. The number of nitrogens with two attached hydrogens (primary N) is 1. The van der Waals surface area contributed by atoms with Gasteiger partial charge >= 0.3 is 17.5 Å². The van der Waals surface area contributed by atoms with Crippen molar-refractivity contribution in [3.05, 3.63) is 155 Å². The SMILES string of the molecule is CC(C)(C)OC(=O)N1CCCC(N)C1.CC(C)(C)[Si](C)(C)OCC1(c2ccccc2)C=C(c2cc(F)ccc2F)CN1C(=O)Cl.CN(C(=O)N1CC(c2cc(F)ccc2F)=CC1(CO)c1ccccc1)C1CCCNC1. The van der Waals surface area contributed by atoms with Crippen LogP contribution in [-0.2, 0) is 20.2 Å². The van der Waals surface area contributed by atoms with Gasteiger partial charge in [-0.1, -0.05) is 81.4 Å². The molecule has 4 atom stereocenters. The first kappa shape index (κ1) is 59.7. The molecule has 4 aliphatic heterocycles. The molecule has 4 amide bonds. The first-order valence-corrected chi connectivity index (χ1v) is 29.2. The van der Waals surface area contributed by atoms with Crippen LogP contribution in [0.5, 0.6) is 0 Å². The van der Waals surface area contributed by atoms with Crippen molar-refractivity contribution < 1.29 is 46.2 Å². The Bertz CT molecular complexity index is 2720. The van der Waals surface area contributed by atoms with Crippen LogP contribution >= 0.6 is 11.6 Å². The average molecular weight is 1090 g/mol. The van der Waals surface area contributed by atoms with Crippen LogP contribution in [0.4, 0.5) is 31.9 Å². The van der Waals surface area contributed by atoms with Gasteiger partial charge in [-0.25, -0.2) is 27.2 Å². The molecule has 4 aliphatic rings. The quantitative estimate of drug-likeness (QED) is 0.0651. The number of carbonyl (C=O) groups excluding carboxylic acids is 3. The highest BCUT2D eigenvalue weighted by Gasteiger charge is 2.49. The maximum atomic E-state index is 14.6. The van der Waals surface area contributed by atoms with Crippen LogP contribution in [0.1, 0.15) is 89.5 Å². The Morgan fingerprint density at radius 2 is 1.32 bits per heavy atom. The summed E-state index contributed by atoms with van der Waals surface area (Å²) in [5.41, 5.74) is 5.87. The predicted octanol–water partition coefficient (Wildman–Crippen LogP) is 11.6. The van der Waals surface area contributed by atoms with Crippen LogP contribution in [0.2, 0.25) is 18.1 Å². The van der Waals surface area contributed by atoms with E-state index in [0.29, 0.717) is 29.8 Å². The minimum absolute atomic E-state index is 0.0309. The van der Waals surface area contributed by atoms with Crippen molar-refractivity contribution in [2.45, 2.75) is 114 Å². The summed E-state index contributed by atoms with van der Waals surface area (Å²) < 4.78 is 68.7. The zero-order valence-corrected chi connectivity index (χ0v) is 47.0. The number of aliphatic hydroxyl groups excluding tert-OH is 1. The molecular formula is C58H75ClF4N6O6Si. The Labute approximate surface area is 452 Å². The Morgan fingerprint density at radius 1 is 0.789 bits per heavy atom. The first-order valence-electron chi connectivity index (χ1n) is 25.9. The normalized spacial score (nSPS) is 21.9. The average Bonchev–Trinajstić information content (AvgIpc) is 3.98. The number of amides is 4. The number of halogens is 5. The van der Waals surface area contributed by atoms with Gasteiger partial charge in [-0.3, -0.25) is 4.79 Å². The van der Waals surface area contributed by atoms with E-state index in [-0.39, 0.29) is 66.7 Å². The molecule has 4 heterocycles. The highest BCUT2D eigenvalue weighted by Crippen LogP contribution is 2.45. The standard InChI is InChI=1S/C24H28ClF2NO2Si.C24H27F2N3O2.C10H20N2O2/c1-23(2,3)31(4,5)30-16-24(18-9-7-6-8-10-18)14-17(15-28(24)22(25)29)20-13-19(26)11-12-21(20)27;1-28(20-8-5-11-27-14-20)23(31)29-15-17(21-12-19(25)9-10-22(21)26)13-24(29,16-30)18-6-3-2-4-7-18;1-10(2,3)14-9(13)12-6-4-5-8(11)7-12/h6-14H,15-16H2,1-5H3;2-4,6-7,9-10,12-13,20,27,30H,5,8,11,14-16H2,1H3;8H,4-7,11H2,1-3H3. The number of rotatable bonds is 9. The number of urea groups is 1. The predicted molar refractivity (Wildman–Crippen MR) is 294 cm³/mol. The second kappa shape index (κ2) is 24.8. The van der Waals surface area contributed by atoms with Gasteiger partial charge in [0.2, 0.25) is 0 Å². The number of piperidine rings is 2. The fraction of sp³-hybridized carbons (Fsp3) is 0.466. The maximum Gasteiger partial charge on any atom is 0.410 e. The molecule has 0 radical (unpaired) electrons. The van der Waals surface area contributed by atoms with Gasteiger partial charge in [-0.15, -0.1) is 0 Å². The van der Waals surface area contributed by atoms with Gasteiger partial charge in [-0.2, -0.15) is 0 Å². The molecule has 4 N–H and O–H groups in total. The third kappa shape index (κ3) is 14.1. The zero-order valence-electron chi connectivity index (χ0n) is 45.3. The van der Waals surface area contributed by atoms with Crippen LogP contribution < -0.4 is 11.1 Å². The molecule has 0 bridgehead atoms. The monoisotopic (exact) mass is 1090 g/mol. The summed E-state index contributed by atoms with van der Waals surface area (Å²) in [5.74, 6) is -2.21. The molecule has 0 saturated carbocycles. The van der Waals surface area contributed by atoms with E-state index in [2.05, 4.69) is 39.2 Å². The molecule has 12 nitrogen and oxygen atoms in total. The number of nitrogens with zero attached hydrogens (tertiary/aromatic N) is 4. The molecule has 4 aromatic rings. The van der Waals surface area contributed by atoms with Crippen molar-refractivity contribution in [3.8, 4) is 0 Å². The summed E-state index contributed by atoms with van der Waals surface area (Å²) in [4.78, 5) is 44.2. The number of nitrogens with one attached hydrogen (secondary N) is 1. The number of aliphatic hydroxyl groups is 1. The number of likely N-dealkylation sites (tertiary alicyclic amines) is 1. The van der Waals surface area contributed by atoms with Gasteiger partial charge in [0.1, 0.15) is 39.9 Å². The highest BCUT2D eigenvalue weighted by molar-refractivity contribution is 6.74. The number of hydrogen-bond acceptors (Lipinski definition) is 8. The van der Waals surface area contributed by atoms with Crippen LogP contribution in [0, 0.1) is 23.3 Å². The summed E-state index contributed by atoms with van der Waals surface area (Å²) in [5, 5.41) is 13.1. The lowest BCUT2D eigenvalue weighted by molar-refractivity contribution is 0.0200. The maximum absolute atomic E-state index is 14.6. The zero-order chi connectivity index (χ0) is 55.8. The van der Waals surface area contributed by atoms with E-state index in [1.807, 2.05) is 81.4 Å². The molecule has 0 aromatic heterocycles. The summed E-state index contributed by atoms with van der Waals surface area (Å²) in [6.45, 7) is 19.2. The van der Waals surface area contributed by atoms with Crippen molar-refractivity contribution in [1.29, 1.82) is 0 Å². The third-order valence-electron chi connectivity index (χ3n) is 14.9. The van der Waals surface area contributed by atoms with Gasteiger partial charge < -0.3 is 44.9 Å². The molecule has 8 rings (SSSR count). The van der Waals surface area contributed by atoms with Crippen LogP contribution in [0.25, 0.3) is 11.1 Å². The summed E-state index contributed by atoms with van der Waals surface area (Å²) in [6.07, 6.45) is 7.09. The van der Waals surface area contributed by atoms with Gasteiger partial charge in [0.05, 0.1) is 13.2 Å². The van der Waals surface area contributed by atoms with E-state index < -0.39 is 53.6 Å². The second-order valence-corrected chi connectivity index (χ2v) is 27.7. The fourth-order valence-electron chi connectivity index (χ4n) is 9.59. The second-order valence-electron chi connectivity index (χ2n) is 22.5. The topological polar surface area (TPSA) is 141 Å². The molecule has 0 spiro atoms. The van der Waals surface area contributed by atoms with Crippen molar-refractivity contribution in [2.75, 3.05) is 59.5 Å². The van der Waals surface area contributed by atoms with Gasteiger partial charge in [-0.05, 0) is 154 Å². The van der Waals surface area contributed by atoms with Crippen LogP contribution in [-0.4, -0.2) is 128 Å². The summed E-state index contributed by atoms with van der Waals surface area (Å²) in [7, 11) is -0.424. The van der Waals surface area contributed by atoms with Crippen molar-refractivity contribution in [1.82, 2.24) is 24.9 Å². The lowest BCUT2D eigenvalue weighted by Crippen LogP contribution is -2.56. The number of hydrogen-bond donors (Lipinski definition) is 3. The first-order chi connectivity index (χ1) is 35.7. The highest BCUT2D eigenvalue weighted by atomic mass is 35.5. The summed E-state index contributed by atoms with van der Waals surface area (Å²) >= 11 is 6.02. The van der Waals surface area contributed by atoms with Gasteiger partial charge in [0, 0.05) is 63.0 Å². The van der Waals surface area contributed by atoms with E-state index in [0.717, 1.165) is 80.7 Å². The van der Waals surface area contributed by atoms with Gasteiger partial charge in [0.25, 0.3) is 0 Å². The van der Waals surface area contributed by atoms with E-state index in [1.54, 1.807) is 33.9 Å². The lowest BCUT2D eigenvalue weighted by atomic mass is 9.89. The minimum Gasteiger partial charge on any atom is -0.444 e. The van der Waals surface area contributed by atoms with Crippen molar-refractivity contribution >= 4 is 48.6 Å². The molecule has 412 valence electrons. The van der Waals surface area contributed by atoms with Crippen molar-refractivity contribution in [2.24, 2.45) is 5.73 Å². The molecule has 4 aromatic carbocycles. The van der Waals surface area contributed by atoms with Crippen LogP contribution in [0.15, 0.2) is 109 Å². The van der Waals surface area contributed by atoms with E-state index in [9.17, 15) is 37.1 Å². The Kier molecular flexibility index (Phi) is 19.5. The molecule has 2 fully saturated rings. The number of carbonyl (C=O) groups is 3. The largest absolute Gasteiger partial charge is 0.444 e. The molecule has 2 saturated heterocycles. The van der Waals surface area contributed by atoms with Crippen LogP contribution in [0.3, 0.4) is 0 Å². The Balaban J connectivity index is 0.000000198.